The molecule has 0 aromatic rings. The highest BCUT2D eigenvalue weighted by Gasteiger charge is 1.88. The standard InChI is InChI=1S/C6H10OS2/c1-3-4-5-7-6(8)9-2/h3-4H,5H2,1-2H3. The minimum absolute atomic E-state index is 0.593. The lowest BCUT2D eigenvalue weighted by molar-refractivity contribution is 0.370. The fraction of sp³-hybridized carbons (Fsp3) is 0.500. The van der Waals surface area contributed by atoms with Gasteiger partial charge in [0.05, 0.1) is 0 Å². The van der Waals surface area contributed by atoms with Crippen molar-refractivity contribution in [3.05, 3.63) is 12.2 Å². The van der Waals surface area contributed by atoms with Crippen molar-refractivity contribution in [1.82, 2.24) is 0 Å². The molecule has 0 radical (unpaired) electrons. The first kappa shape index (κ1) is 8.98. The quantitative estimate of drug-likeness (QED) is 0.455. The van der Waals surface area contributed by atoms with E-state index in [9.17, 15) is 0 Å². The van der Waals surface area contributed by atoms with Crippen molar-refractivity contribution in [3.63, 3.8) is 0 Å². The van der Waals surface area contributed by atoms with Crippen molar-refractivity contribution in [1.29, 1.82) is 0 Å². The number of thiocarbonyl (C=S) groups is 1. The van der Waals surface area contributed by atoms with Crippen molar-refractivity contribution in [2.75, 3.05) is 12.9 Å². The number of hydrogen-bond donors (Lipinski definition) is 0. The van der Waals surface area contributed by atoms with E-state index in [1.54, 1.807) is 0 Å². The Bertz CT molecular complexity index is 110. The Hall–Kier alpha value is -0.0200. The maximum atomic E-state index is 5.04. The molecule has 0 amide bonds. The van der Waals surface area contributed by atoms with Gasteiger partial charge in [0.15, 0.2) is 0 Å². The summed E-state index contributed by atoms with van der Waals surface area (Å²) < 4.78 is 5.64. The summed E-state index contributed by atoms with van der Waals surface area (Å²) in [6, 6.07) is 0. The lowest BCUT2D eigenvalue weighted by Crippen LogP contribution is -1.94. The normalized spacial score (nSPS) is 10.0. The number of thioether (sulfide) groups is 1. The Morgan fingerprint density at radius 2 is 2.44 bits per heavy atom. The zero-order valence-corrected chi connectivity index (χ0v) is 7.22. The molecule has 0 aliphatic heterocycles. The van der Waals surface area contributed by atoms with Crippen LogP contribution in [0.25, 0.3) is 0 Å². The maximum absolute atomic E-state index is 5.04. The molecule has 1 nitrogen and oxygen atoms in total. The Morgan fingerprint density at radius 1 is 1.78 bits per heavy atom. The van der Waals surface area contributed by atoms with E-state index < -0.39 is 0 Å². The predicted molar refractivity (Wildman–Crippen MR) is 46.9 cm³/mol. The molecule has 0 aromatic heterocycles. The molecular formula is C6H10OS2. The van der Waals surface area contributed by atoms with Gasteiger partial charge in [0.25, 0.3) is 0 Å². The number of ether oxygens (including phenoxy) is 1. The lowest BCUT2D eigenvalue weighted by atomic mass is 10.6. The first-order valence-corrected chi connectivity index (χ1v) is 4.26. The Labute approximate surface area is 65.5 Å². The van der Waals surface area contributed by atoms with Crippen LogP contribution in [0.2, 0.25) is 0 Å². The topological polar surface area (TPSA) is 9.23 Å². The van der Waals surface area contributed by atoms with Crippen molar-refractivity contribution in [3.8, 4) is 0 Å². The smallest absolute Gasteiger partial charge is 0.220 e. The monoisotopic (exact) mass is 162 g/mol. The van der Waals surface area contributed by atoms with Crippen LogP contribution in [0.1, 0.15) is 6.92 Å². The average molecular weight is 162 g/mol. The molecule has 0 bridgehead atoms. The van der Waals surface area contributed by atoms with E-state index in [2.05, 4.69) is 0 Å². The molecule has 0 heterocycles. The summed E-state index contributed by atoms with van der Waals surface area (Å²) in [5.41, 5.74) is 0. The third-order valence-corrected chi connectivity index (χ3v) is 1.77. The van der Waals surface area contributed by atoms with Crippen LogP contribution in [0.3, 0.4) is 0 Å². The van der Waals surface area contributed by atoms with Gasteiger partial charge in [0.2, 0.25) is 4.38 Å². The van der Waals surface area contributed by atoms with Gasteiger partial charge < -0.3 is 4.74 Å². The molecule has 0 unspecified atom stereocenters. The molecular weight excluding hydrogens is 152 g/mol. The highest BCUT2D eigenvalue weighted by Crippen LogP contribution is 1.98. The minimum atomic E-state index is 0.593. The van der Waals surface area contributed by atoms with Crippen LogP contribution in [0.4, 0.5) is 0 Å². The third-order valence-electron chi connectivity index (χ3n) is 0.700. The second kappa shape index (κ2) is 6.11. The van der Waals surface area contributed by atoms with E-state index in [0.29, 0.717) is 11.0 Å². The molecule has 0 fully saturated rings. The summed E-state index contributed by atoms with van der Waals surface area (Å²) in [4.78, 5) is 0. The Kier molecular flexibility index (Phi) is 6.09. The summed E-state index contributed by atoms with van der Waals surface area (Å²) >= 11 is 6.23. The highest BCUT2D eigenvalue weighted by atomic mass is 32.2. The number of allylic oxidation sites excluding steroid dienone is 1. The van der Waals surface area contributed by atoms with Gasteiger partial charge in [-0.25, -0.2) is 0 Å². The fourth-order valence-corrected chi connectivity index (χ4v) is 0.525. The number of rotatable bonds is 2. The van der Waals surface area contributed by atoms with E-state index in [1.807, 2.05) is 25.3 Å². The van der Waals surface area contributed by atoms with Gasteiger partial charge in [0.1, 0.15) is 6.61 Å². The highest BCUT2D eigenvalue weighted by molar-refractivity contribution is 8.22. The first-order chi connectivity index (χ1) is 4.31. The Morgan fingerprint density at radius 3 is 2.89 bits per heavy atom. The molecule has 0 saturated heterocycles. The largest absolute Gasteiger partial charge is 0.474 e. The van der Waals surface area contributed by atoms with Crippen LogP contribution < -0.4 is 0 Å². The van der Waals surface area contributed by atoms with Crippen molar-refractivity contribution < 1.29 is 4.74 Å². The molecule has 0 aliphatic carbocycles. The SMILES string of the molecule is CC=CCOC(=S)SC. The van der Waals surface area contributed by atoms with Crippen molar-refractivity contribution in [2.24, 2.45) is 0 Å². The molecule has 3 heteroatoms. The van der Waals surface area contributed by atoms with E-state index in [0.717, 1.165) is 0 Å². The molecule has 9 heavy (non-hydrogen) atoms. The Balaban J connectivity index is 3.17. The molecule has 0 N–H and O–H groups in total. The second-order valence-electron chi connectivity index (χ2n) is 1.33. The molecule has 0 atom stereocenters. The van der Waals surface area contributed by atoms with Gasteiger partial charge >= 0.3 is 0 Å². The van der Waals surface area contributed by atoms with Crippen LogP contribution in [0, 0.1) is 0 Å². The molecule has 0 aromatic carbocycles. The zero-order valence-electron chi connectivity index (χ0n) is 5.59. The summed E-state index contributed by atoms with van der Waals surface area (Å²) in [7, 11) is 0. The molecule has 0 aliphatic rings. The summed E-state index contributed by atoms with van der Waals surface area (Å²) in [5, 5.41) is 0. The first-order valence-electron chi connectivity index (χ1n) is 2.63. The summed E-state index contributed by atoms with van der Waals surface area (Å²) in [6.45, 7) is 2.54. The molecule has 0 rings (SSSR count). The van der Waals surface area contributed by atoms with Crippen LogP contribution >= 0.6 is 24.0 Å². The van der Waals surface area contributed by atoms with Gasteiger partial charge in [0, 0.05) is 0 Å². The average Bonchev–Trinajstić information content (AvgIpc) is 1.89. The van der Waals surface area contributed by atoms with Crippen LogP contribution in [0.15, 0.2) is 12.2 Å². The molecule has 0 saturated carbocycles. The summed E-state index contributed by atoms with van der Waals surface area (Å²) in [5.74, 6) is 0. The lowest BCUT2D eigenvalue weighted by Gasteiger charge is -1.98. The summed E-state index contributed by atoms with van der Waals surface area (Å²) in [6.07, 6.45) is 5.75. The van der Waals surface area contributed by atoms with Crippen molar-refractivity contribution in [2.45, 2.75) is 6.92 Å². The van der Waals surface area contributed by atoms with Gasteiger partial charge in [-0.3, -0.25) is 0 Å². The number of hydrogen-bond acceptors (Lipinski definition) is 3. The van der Waals surface area contributed by atoms with Gasteiger partial charge in [-0.1, -0.05) is 23.9 Å². The van der Waals surface area contributed by atoms with E-state index in [4.69, 9.17) is 17.0 Å². The third kappa shape index (κ3) is 5.86. The second-order valence-corrected chi connectivity index (χ2v) is 2.74. The zero-order chi connectivity index (χ0) is 7.11. The van der Waals surface area contributed by atoms with Crippen LogP contribution in [-0.2, 0) is 4.74 Å². The van der Waals surface area contributed by atoms with Crippen molar-refractivity contribution >= 4 is 28.4 Å². The van der Waals surface area contributed by atoms with Crippen LogP contribution in [0.5, 0.6) is 0 Å². The van der Waals surface area contributed by atoms with Gasteiger partial charge in [-0.2, -0.15) is 0 Å². The molecule has 0 spiro atoms. The maximum Gasteiger partial charge on any atom is 0.220 e. The minimum Gasteiger partial charge on any atom is -0.474 e. The van der Waals surface area contributed by atoms with E-state index >= 15 is 0 Å². The predicted octanol–water partition coefficient (Wildman–Crippen LogP) is 2.23. The van der Waals surface area contributed by atoms with Gasteiger partial charge in [-0.15, -0.1) is 0 Å². The van der Waals surface area contributed by atoms with Crippen LogP contribution in [-0.4, -0.2) is 17.2 Å². The molecule has 52 valence electrons. The fourth-order valence-electron chi connectivity index (χ4n) is 0.271. The van der Waals surface area contributed by atoms with E-state index in [1.165, 1.54) is 11.8 Å². The van der Waals surface area contributed by atoms with E-state index in [-0.39, 0.29) is 0 Å². The van der Waals surface area contributed by atoms with Gasteiger partial charge in [-0.05, 0) is 25.4 Å².